The van der Waals surface area contributed by atoms with Gasteiger partial charge in [0.2, 0.25) is 0 Å². The Morgan fingerprint density at radius 3 is 2.43 bits per heavy atom. The Bertz CT molecular complexity index is 1080. The topological polar surface area (TPSA) is 66.9 Å². The first kappa shape index (κ1) is 17.8. The van der Waals surface area contributed by atoms with Crippen molar-refractivity contribution in [1.29, 1.82) is 0 Å². The molecule has 7 heteroatoms. The quantitative estimate of drug-likeness (QED) is 0.483. The van der Waals surface area contributed by atoms with Gasteiger partial charge in [0.05, 0.1) is 17.6 Å². The lowest BCUT2D eigenvalue weighted by molar-refractivity contribution is 0.103. The maximum atomic E-state index is 13.1. The maximum Gasteiger partial charge on any atom is 0.268 e. The Morgan fingerprint density at radius 2 is 1.71 bits per heavy atom. The summed E-state index contributed by atoms with van der Waals surface area (Å²) in [5, 5.41) is 6.52. The van der Waals surface area contributed by atoms with Crippen LogP contribution in [0.4, 0.5) is 20.9 Å². The zero-order chi connectivity index (χ0) is 19.3. The molecular weight excluding hydrogens is 375 g/mol. The highest BCUT2D eigenvalue weighted by Crippen LogP contribution is 2.33. The monoisotopic (exact) mass is 390 g/mol. The summed E-state index contributed by atoms with van der Waals surface area (Å²) in [5.41, 5.74) is 2.71. The number of carbonyl (C=O) groups excluding carboxylic acids is 1. The van der Waals surface area contributed by atoms with Gasteiger partial charge in [-0.05, 0) is 36.4 Å². The Labute approximate surface area is 164 Å². The highest BCUT2D eigenvalue weighted by Gasteiger charge is 2.20. The molecule has 4 aromatic rings. The number of aromatic nitrogens is 2. The molecule has 138 valence electrons. The molecule has 2 heterocycles. The van der Waals surface area contributed by atoms with Gasteiger partial charge >= 0.3 is 0 Å². The number of nitrogens with zero attached hydrogens (tertiary/aromatic N) is 2. The number of amides is 1. The lowest BCUT2D eigenvalue weighted by atomic mass is 10.1. The molecule has 0 radical (unpaired) electrons. The number of anilines is 3. The fraction of sp³-hybridized carbons (Fsp3) is 0. The van der Waals surface area contributed by atoms with Gasteiger partial charge in [-0.1, -0.05) is 41.7 Å². The zero-order valence-corrected chi connectivity index (χ0v) is 15.4. The van der Waals surface area contributed by atoms with Crippen molar-refractivity contribution in [2.24, 2.45) is 0 Å². The second-order valence-electron chi connectivity index (χ2n) is 5.89. The SMILES string of the molecule is O=C(Nc1cccnc1)c1sc(Nc2ccc(F)cc2)nc1-c1ccccc1. The van der Waals surface area contributed by atoms with Crippen LogP contribution in [-0.2, 0) is 0 Å². The third-order valence-electron chi connectivity index (χ3n) is 3.90. The minimum Gasteiger partial charge on any atom is -0.332 e. The smallest absolute Gasteiger partial charge is 0.268 e. The summed E-state index contributed by atoms with van der Waals surface area (Å²) in [6, 6.07) is 19.0. The number of rotatable bonds is 5. The summed E-state index contributed by atoms with van der Waals surface area (Å²) in [6.45, 7) is 0. The van der Waals surface area contributed by atoms with Gasteiger partial charge in [-0.2, -0.15) is 0 Å². The summed E-state index contributed by atoms with van der Waals surface area (Å²) < 4.78 is 13.1. The largest absolute Gasteiger partial charge is 0.332 e. The predicted octanol–water partition coefficient (Wildman–Crippen LogP) is 5.34. The molecule has 0 aliphatic carbocycles. The van der Waals surface area contributed by atoms with Crippen LogP contribution in [-0.4, -0.2) is 15.9 Å². The van der Waals surface area contributed by atoms with Crippen LogP contribution in [0.15, 0.2) is 79.1 Å². The van der Waals surface area contributed by atoms with E-state index in [1.807, 2.05) is 30.3 Å². The Morgan fingerprint density at radius 1 is 0.929 bits per heavy atom. The van der Waals surface area contributed by atoms with Crippen molar-refractivity contribution < 1.29 is 9.18 Å². The number of thiazole rings is 1. The number of nitrogens with one attached hydrogen (secondary N) is 2. The fourth-order valence-corrected chi connectivity index (χ4v) is 3.50. The summed E-state index contributed by atoms with van der Waals surface area (Å²) in [7, 11) is 0. The molecule has 4 rings (SSSR count). The average Bonchev–Trinajstić information content (AvgIpc) is 3.15. The van der Waals surface area contributed by atoms with Crippen LogP contribution in [0.25, 0.3) is 11.3 Å². The molecule has 28 heavy (non-hydrogen) atoms. The number of benzene rings is 2. The van der Waals surface area contributed by atoms with Gasteiger partial charge in [0.25, 0.3) is 5.91 Å². The standard InChI is InChI=1S/C21H15FN4OS/c22-15-8-10-16(11-9-15)25-21-26-18(14-5-2-1-3-6-14)19(28-21)20(27)24-17-7-4-12-23-13-17/h1-13H,(H,24,27)(H,25,26). The minimum absolute atomic E-state index is 0.267. The molecule has 0 saturated carbocycles. The van der Waals surface area contributed by atoms with E-state index in [2.05, 4.69) is 20.6 Å². The van der Waals surface area contributed by atoms with E-state index >= 15 is 0 Å². The first-order valence-corrected chi connectivity index (χ1v) is 9.31. The van der Waals surface area contributed by atoms with Crippen LogP contribution in [0.1, 0.15) is 9.67 Å². The van der Waals surface area contributed by atoms with Crippen molar-refractivity contribution >= 4 is 33.8 Å². The van der Waals surface area contributed by atoms with Gasteiger partial charge in [-0.15, -0.1) is 0 Å². The van der Waals surface area contributed by atoms with Gasteiger partial charge < -0.3 is 10.6 Å². The van der Waals surface area contributed by atoms with Crippen LogP contribution in [0, 0.1) is 5.82 Å². The molecule has 0 unspecified atom stereocenters. The van der Waals surface area contributed by atoms with E-state index in [1.165, 1.54) is 23.5 Å². The highest BCUT2D eigenvalue weighted by molar-refractivity contribution is 7.18. The highest BCUT2D eigenvalue weighted by atomic mass is 32.1. The first-order chi connectivity index (χ1) is 13.7. The third kappa shape index (κ3) is 4.05. The number of carbonyl (C=O) groups is 1. The molecule has 0 aliphatic heterocycles. The number of hydrogen-bond donors (Lipinski definition) is 2. The van der Waals surface area contributed by atoms with Crippen molar-refractivity contribution in [1.82, 2.24) is 9.97 Å². The van der Waals surface area contributed by atoms with E-state index in [1.54, 1.807) is 36.7 Å². The average molecular weight is 390 g/mol. The second kappa shape index (κ2) is 7.98. The Hall–Kier alpha value is -3.58. The van der Waals surface area contributed by atoms with Crippen LogP contribution in [0.5, 0.6) is 0 Å². The van der Waals surface area contributed by atoms with Crippen molar-refractivity contribution in [2.45, 2.75) is 0 Å². The van der Waals surface area contributed by atoms with Crippen LogP contribution < -0.4 is 10.6 Å². The molecule has 2 aromatic carbocycles. The summed E-state index contributed by atoms with van der Waals surface area (Å²) in [5.74, 6) is -0.581. The van der Waals surface area contributed by atoms with Crippen molar-refractivity contribution in [3.8, 4) is 11.3 Å². The van der Waals surface area contributed by atoms with E-state index in [0.717, 1.165) is 5.56 Å². The number of hydrogen-bond acceptors (Lipinski definition) is 5. The van der Waals surface area contributed by atoms with Crippen LogP contribution >= 0.6 is 11.3 Å². The number of halogens is 1. The van der Waals surface area contributed by atoms with Crippen LogP contribution in [0.3, 0.4) is 0 Å². The van der Waals surface area contributed by atoms with Crippen molar-refractivity contribution in [2.75, 3.05) is 10.6 Å². The molecule has 1 amide bonds. The van der Waals surface area contributed by atoms with Gasteiger partial charge in [0, 0.05) is 17.4 Å². The van der Waals surface area contributed by atoms with Crippen molar-refractivity contribution in [3.05, 3.63) is 89.8 Å². The molecule has 0 atom stereocenters. The Kier molecular flexibility index (Phi) is 5.07. The van der Waals surface area contributed by atoms with Gasteiger partial charge in [0.1, 0.15) is 10.7 Å². The predicted molar refractivity (Wildman–Crippen MR) is 109 cm³/mol. The molecule has 0 aliphatic rings. The van der Waals surface area contributed by atoms with Gasteiger partial charge in [0.15, 0.2) is 5.13 Å². The zero-order valence-electron chi connectivity index (χ0n) is 14.6. The lowest BCUT2D eigenvalue weighted by Crippen LogP contribution is -2.11. The molecule has 0 bridgehead atoms. The van der Waals surface area contributed by atoms with E-state index in [9.17, 15) is 9.18 Å². The molecule has 2 N–H and O–H groups in total. The van der Waals surface area contributed by atoms with E-state index in [-0.39, 0.29) is 11.7 Å². The number of pyridine rings is 1. The summed E-state index contributed by atoms with van der Waals surface area (Å²) in [4.78, 5) is 22.0. The van der Waals surface area contributed by atoms with Gasteiger partial charge in [-0.25, -0.2) is 9.37 Å². The lowest BCUT2D eigenvalue weighted by Gasteiger charge is -2.04. The van der Waals surface area contributed by atoms with Crippen LogP contribution in [0.2, 0.25) is 0 Å². The molecular formula is C21H15FN4OS. The molecule has 0 spiro atoms. The summed E-state index contributed by atoms with van der Waals surface area (Å²) >= 11 is 1.23. The Balaban J connectivity index is 1.68. The van der Waals surface area contributed by atoms with Gasteiger partial charge in [-0.3, -0.25) is 9.78 Å². The van der Waals surface area contributed by atoms with Crippen molar-refractivity contribution in [3.63, 3.8) is 0 Å². The molecule has 2 aromatic heterocycles. The molecule has 5 nitrogen and oxygen atoms in total. The van der Waals surface area contributed by atoms with E-state index in [0.29, 0.717) is 27.1 Å². The maximum absolute atomic E-state index is 13.1. The first-order valence-electron chi connectivity index (χ1n) is 8.49. The molecule has 0 saturated heterocycles. The normalized spacial score (nSPS) is 10.5. The fourth-order valence-electron chi connectivity index (χ4n) is 2.60. The second-order valence-corrected chi connectivity index (χ2v) is 6.89. The van der Waals surface area contributed by atoms with E-state index in [4.69, 9.17) is 0 Å². The molecule has 0 fully saturated rings. The summed E-state index contributed by atoms with van der Waals surface area (Å²) in [6.07, 6.45) is 3.22. The third-order valence-corrected chi connectivity index (χ3v) is 4.87. The minimum atomic E-state index is -0.314. The van der Waals surface area contributed by atoms with E-state index < -0.39 is 0 Å².